The van der Waals surface area contributed by atoms with Gasteiger partial charge in [0.1, 0.15) is 0 Å². The van der Waals surface area contributed by atoms with Gasteiger partial charge in [-0.3, -0.25) is 0 Å². The fourth-order valence-electron chi connectivity index (χ4n) is 2.60. The zero-order valence-electron chi connectivity index (χ0n) is 13.8. The van der Waals surface area contributed by atoms with Crippen LogP contribution in [0.15, 0.2) is 46.9 Å². The van der Waals surface area contributed by atoms with E-state index in [1.165, 1.54) is 11.3 Å². The van der Waals surface area contributed by atoms with E-state index >= 15 is 0 Å². The standard InChI is InChI=1S/C19H17BrN2O2S/c1-11-3-8-15(12(2)9-11)18-16(10-17(23)24)25-19(22-18)21-14-6-4-13(20)5-7-14/h3-9H,10H2,1-2H3,(H,21,22)(H,23,24)/p-1. The SMILES string of the molecule is Cc1ccc(-c2nc(Nc3ccc(Br)cc3)sc2CC(=O)[O-])c(C)c1. The Kier molecular flexibility index (Phi) is 5.20. The van der Waals surface area contributed by atoms with Crippen molar-refractivity contribution in [2.45, 2.75) is 20.3 Å². The summed E-state index contributed by atoms with van der Waals surface area (Å²) in [5, 5.41) is 15.0. The number of nitrogens with zero attached hydrogens (tertiary/aromatic N) is 1. The number of halogens is 1. The number of carboxylic acid groups (broad SMARTS) is 1. The van der Waals surface area contributed by atoms with E-state index in [0.717, 1.165) is 26.9 Å². The summed E-state index contributed by atoms with van der Waals surface area (Å²) < 4.78 is 0.991. The van der Waals surface area contributed by atoms with Crippen molar-refractivity contribution < 1.29 is 9.90 Å². The minimum atomic E-state index is -1.11. The van der Waals surface area contributed by atoms with Crippen LogP contribution >= 0.6 is 27.3 Å². The number of carboxylic acids is 1. The van der Waals surface area contributed by atoms with Crippen LogP contribution in [0.4, 0.5) is 10.8 Å². The molecule has 128 valence electrons. The Balaban J connectivity index is 2.00. The predicted octanol–water partition coefficient (Wildman–Crippen LogP) is 4.23. The molecule has 1 aromatic heterocycles. The molecule has 3 rings (SSSR count). The quantitative estimate of drug-likeness (QED) is 0.676. The summed E-state index contributed by atoms with van der Waals surface area (Å²) in [5.41, 5.74) is 4.77. The average molecular weight is 416 g/mol. The second-order valence-electron chi connectivity index (χ2n) is 5.79. The minimum Gasteiger partial charge on any atom is -0.550 e. The molecule has 0 aliphatic rings. The summed E-state index contributed by atoms with van der Waals surface area (Å²) in [6.45, 7) is 4.03. The second-order valence-corrected chi connectivity index (χ2v) is 7.79. The van der Waals surface area contributed by atoms with Crippen molar-refractivity contribution in [1.82, 2.24) is 4.98 Å². The number of hydrogen-bond acceptors (Lipinski definition) is 5. The van der Waals surface area contributed by atoms with Crippen LogP contribution in [0.25, 0.3) is 11.3 Å². The maximum absolute atomic E-state index is 11.1. The highest BCUT2D eigenvalue weighted by Gasteiger charge is 2.15. The smallest absolute Gasteiger partial charge is 0.187 e. The van der Waals surface area contributed by atoms with E-state index < -0.39 is 5.97 Å². The summed E-state index contributed by atoms with van der Waals surface area (Å²) in [4.78, 5) is 16.5. The highest BCUT2D eigenvalue weighted by Crippen LogP contribution is 2.35. The molecule has 0 saturated carbocycles. The van der Waals surface area contributed by atoms with E-state index in [1.807, 2.05) is 50.2 Å². The molecule has 0 unspecified atom stereocenters. The molecular formula is C19H16BrN2O2S-. The zero-order valence-corrected chi connectivity index (χ0v) is 16.2. The molecule has 0 spiro atoms. The van der Waals surface area contributed by atoms with Crippen LogP contribution in [-0.2, 0) is 11.2 Å². The third-order valence-corrected chi connectivity index (χ3v) is 5.23. The Bertz CT molecular complexity index is 920. The van der Waals surface area contributed by atoms with E-state index in [0.29, 0.717) is 15.7 Å². The van der Waals surface area contributed by atoms with Gasteiger partial charge in [0.15, 0.2) is 5.13 Å². The minimum absolute atomic E-state index is 0.150. The maximum atomic E-state index is 11.1. The van der Waals surface area contributed by atoms with E-state index in [1.54, 1.807) is 0 Å². The average Bonchev–Trinajstić information content (AvgIpc) is 2.91. The Hall–Kier alpha value is -2.18. The van der Waals surface area contributed by atoms with Crippen LogP contribution in [0.3, 0.4) is 0 Å². The van der Waals surface area contributed by atoms with E-state index in [9.17, 15) is 9.90 Å². The Labute approximate surface area is 158 Å². The van der Waals surface area contributed by atoms with Gasteiger partial charge < -0.3 is 15.2 Å². The van der Waals surface area contributed by atoms with Crippen molar-refractivity contribution in [2.75, 3.05) is 5.32 Å². The van der Waals surface area contributed by atoms with E-state index in [4.69, 9.17) is 0 Å². The highest BCUT2D eigenvalue weighted by atomic mass is 79.9. The number of thiazole rings is 1. The molecule has 0 aliphatic carbocycles. The van der Waals surface area contributed by atoms with Gasteiger partial charge in [-0.2, -0.15) is 0 Å². The molecule has 0 aliphatic heterocycles. The lowest BCUT2D eigenvalue weighted by Gasteiger charge is -2.07. The van der Waals surface area contributed by atoms with Crippen LogP contribution in [0, 0.1) is 13.8 Å². The first kappa shape index (κ1) is 17.6. The van der Waals surface area contributed by atoms with Gasteiger partial charge >= 0.3 is 0 Å². The lowest BCUT2D eigenvalue weighted by Crippen LogP contribution is -2.24. The van der Waals surface area contributed by atoms with Crippen LogP contribution < -0.4 is 10.4 Å². The Morgan fingerprint density at radius 3 is 2.56 bits per heavy atom. The number of aromatic nitrogens is 1. The first-order valence-electron chi connectivity index (χ1n) is 7.72. The molecule has 4 nitrogen and oxygen atoms in total. The molecule has 0 bridgehead atoms. The first-order valence-corrected chi connectivity index (χ1v) is 9.33. The normalized spacial score (nSPS) is 10.7. The van der Waals surface area contributed by atoms with Gasteiger partial charge in [-0.1, -0.05) is 39.7 Å². The number of rotatable bonds is 5. The number of anilines is 2. The van der Waals surface area contributed by atoms with Crippen molar-refractivity contribution in [1.29, 1.82) is 0 Å². The fraction of sp³-hybridized carbons (Fsp3) is 0.158. The van der Waals surface area contributed by atoms with Crippen molar-refractivity contribution in [3.63, 3.8) is 0 Å². The summed E-state index contributed by atoms with van der Waals surface area (Å²) in [7, 11) is 0. The number of nitrogens with one attached hydrogen (secondary N) is 1. The van der Waals surface area contributed by atoms with Crippen LogP contribution in [0.5, 0.6) is 0 Å². The van der Waals surface area contributed by atoms with Crippen molar-refractivity contribution >= 4 is 44.1 Å². The molecule has 0 atom stereocenters. The number of aryl methyl sites for hydroxylation is 2. The molecular weight excluding hydrogens is 400 g/mol. The Morgan fingerprint density at radius 2 is 1.92 bits per heavy atom. The maximum Gasteiger partial charge on any atom is 0.187 e. The lowest BCUT2D eigenvalue weighted by molar-refractivity contribution is -0.304. The molecule has 2 aromatic carbocycles. The molecule has 1 N–H and O–H groups in total. The molecule has 6 heteroatoms. The van der Waals surface area contributed by atoms with Crippen molar-refractivity contribution in [2.24, 2.45) is 0 Å². The molecule has 0 amide bonds. The van der Waals surface area contributed by atoms with Crippen LogP contribution in [0.1, 0.15) is 16.0 Å². The zero-order chi connectivity index (χ0) is 18.0. The van der Waals surface area contributed by atoms with Crippen LogP contribution in [-0.4, -0.2) is 11.0 Å². The summed E-state index contributed by atoms with van der Waals surface area (Å²) >= 11 is 4.74. The van der Waals surface area contributed by atoms with Crippen LogP contribution in [0.2, 0.25) is 0 Å². The molecule has 1 heterocycles. The van der Waals surface area contributed by atoms with Gasteiger partial charge in [0.05, 0.1) is 5.69 Å². The highest BCUT2D eigenvalue weighted by molar-refractivity contribution is 9.10. The second kappa shape index (κ2) is 7.37. The number of hydrogen-bond donors (Lipinski definition) is 1. The summed E-state index contributed by atoms with van der Waals surface area (Å²) in [6, 6.07) is 13.8. The predicted molar refractivity (Wildman–Crippen MR) is 103 cm³/mol. The number of aliphatic carboxylic acids is 1. The van der Waals surface area contributed by atoms with Crippen molar-refractivity contribution in [3.8, 4) is 11.3 Å². The van der Waals surface area contributed by atoms with Gasteiger partial charge in [0.25, 0.3) is 0 Å². The molecule has 0 radical (unpaired) electrons. The van der Waals surface area contributed by atoms with E-state index in [-0.39, 0.29) is 6.42 Å². The van der Waals surface area contributed by atoms with Gasteiger partial charge in [0.2, 0.25) is 0 Å². The Morgan fingerprint density at radius 1 is 1.20 bits per heavy atom. The number of benzene rings is 2. The third-order valence-electron chi connectivity index (χ3n) is 3.73. The van der Waals surface area contributed by atoms with E-state index in [2.05, 4.69) is 32.3 Å². The summed E-state index contributed by atoms with van der Waals surface area (Å²) in [6.07, 6.45) is -0.150. The topological polar surface area (TPSA) is 65.0 Å². The summed E-state index contributed by atoms with van der Waals surface area (Å²) in [5.74, 6) is -1.11. The molecule has 25 heavy (non-hydrogen) atoms. The first-order chi connectivity index (χ1) is 11.9. The van der Waals surface area contributed by atoms with Crippen molar-refractivity contribution in [3.05, 3.63) is 62.9 Å². The van der Waals surface area contributed by atoms with Gasteiger partial charge in [-0.05, 0) is 43.7 Å². The third kappa shape index (κ3) is 4.27. The molecule has 0 saturated heterocycles. The number of carbonyl (C=O) groups is 1. The van der Waals surface area contributed by atoms with Gasteiger partial charge in [-0.15, -0.1) is 11.3 Å². The lowest BCUT2D eigenvalue weighted by atomic mass is 10.0. The monoisotopic (exact) mass is 415 g/mol. The molecule has 0 fully saturated rings. The van der Waals surface area contributed by atoms with Gasteiger partial charge in [0, 0.05) is 33.0 Å². The largest absolute Gasteiger partial charge is 0.550 e. The number of carbonyl (C=O) groups excluding carboxylic acids is 1. The molecule has 3 aromatic rings. The van der Waals surface area contributed by atoms with Gasteiger partial charge in [-0.25, -0.2) is 4.98 Å². The fourth-order valence-corrected chi connectivity index (χ4v) is 3.85.